The van der Waals surface area contributed by atoms with Gasteiger partial charge in [-0.1, -0.05) is 26.0 Å². The van der Waals surface area contributed by atoms with Gasteiger partial charge in [-0.3, -0.25) is 0 Å². The van der Waals surface area contributed by atoms with Crippen LogP contribution in [0.2, 0.25) is 0 Å². The molecule has 0 spiro atoms. The van der Waals surface area contributed by atoms with E-state index in [4.69, 9.17) is 9.47 Å². The summed E-state index contributed by atoms with van der Waals surface area (Å²) in [4.78, 5) is 11.7. The molecule has 7 heteroatoms. The van der Waals surface area contributed by atoms with Gasteiger partial charge in [0.2, 0.25) is 0 Å². The van der Waals surface area contributed by atoms with Crippen molar-refractivity contribution in [2.45, 2.75) is 45.0 Å². The lowest BCUT2D eigenvalue weighted by molar-refractivity contribution is -0.137. The number of halogens is 3. The molecule has 150 valence electrons. The minimum Gasteiger partial charge on any atom is -0.496 e. The molecule has 0 aliphatic carbocycles. The molecule has 4 nitrogen and oxygen atoms in total. The Morgan fingerprint density at radius 3 is 2.36 bits per heavy atom. The van der Waals surface area contributed by atoms with Crippen LogP contribution in [-0.2, 0) is 10.9 Å². The van der Waals surface area contributed by atoms with Crippen LogP contribution in [0.1, 0.15) is 49.5 Å². The molecule has 1 aliphatic rings. The van der Waals surface area contributed by atoms with Crippen molar-refractivity contribution < 1.29 is 27.4 Å². The van der Waals surface area contributed by atoms with Crippen molar-refractivity contribution in [1.29, 1.82) is 0 Å². The van der Waals surface area contributed by atoms with Crippen LogP contribution in [0.25, 0.3) is 11.1 Å². The van der Waals surface area contributed by atoms with Crippen LogP contribution in [0, 0.1) is 0 Å². The van der Waals surface area contributed by atoms with Crippen molar-refractivity contribution in [3.8, 4) is 16.9 Å². The van der Waals surface area contributed by atoms with Crippen LogP contribution >= 0.6 is 0 Å². The number of hydrogen-bond acceptors (Lipinski definition) is 3. The fourth-order valence-electron chi connectivity index (χ4n) is 3.36. The summed E-state index contributed by atoms with van der Waals surface area (Å²) in [6.45, 7) is 5.76. The van der Waals surface area contributed by atoms with Crippen LogP contribution in [0.4, 0.5) is 18.0 Å². The predicted octanol–water partition coefficient (Wildman–Crippen LogP) is 5.67. The van der Waals surface area contributed by atoms with Crippen LogP contribution in [0.5, 0.6) is 5.75 Å². The van der Waals surface area contributed by atoms with Gasteiger partial charge in [0.05, 0.1) is 18.7 Å². The van der Waals surface area contributed by atoms with E-state index in [2.05, 4.69) is 5.32 Å². The van der Waals surface area contributed by atoms with Gasteiger partial charge in [0.25, 0.3) is 0 Å². The summed E-state index contributed by atoms with van der Waals surface area (Å²) in [5.74, 6) is 0.766. The van der Waals surface area contributed by atoms with Crippen molar-refractivity contribution >= 4 is 6.09 Å². The molecule has 1 amide bonds. The van der Waals surface area contributed by atoms with Crippen molar-refractivity contribution in [1.82, 2.24) is 5.32 Å². The molecule has 2 aromatic carbocycles. The normalized spacial score (nSPS) is 19.5. The molecule has 1 heterocycles. The van der Waals surface area contributed by atoms with Crippen LogP contribution in [0.15, 0.2) is 36.4 Å². The maximum Gasteiger partial charge on any atom is 0.416 e. The average molecular weight is 393 g/mol. The topological polar surface area (TPSA) is 47.6 Å². The van der Waals surface area contributed by atoms with Gasteiger partial charge in [0.15, 0.2) is 0 Å². The van der Waals surface area contributed by atoms with E-state index in [0.29, 0.717) is 22.4 Å². The van der Waals surface area contributed by atoms with Crippen LogP contribution in [-0.4, -0.2) is 19.2 Å². The quantitative estimate of drug-likeness (QED) is 0.728. The lowest BCUT2D eigenvalue weighted by Gasteiger charge is -2.21. The highest BCUT2D eigenvalue weighted by Crippen LogP contribution is 2.42. The molecule has 0 saturated carbocycles. The summed E-state index contributed by atoms with van der Waals surface area (Å²) in [6.07, 6.45) is -5.99. The summed E-state index contributed by atoms with van der Waals surface area (Å²) < 4.78 is 50.7. The summed E-state index contributed by atoms with van der Waals surface area (Å²) in [5.41, 5.74) is 1.73. The predicted molar refractivity (Wildman–Crippen MR) is 99.3 cm³/mol. The van der Waals surface area contributed by atoms with E-state index in [1.54, 1.807) is 13.0 Å². The van der Waals surface area contributed by atoms with E-state index in [1.807, 2.05) is 26.0 Å². The number of methoxy groups -OCH3 is 1. The monoisotopic (exact) mass is 393 g/mol. The molecule has 2 aromatic rings. The lowest BCUT2D eigenvalue weighted by atomic mass is 9.89. The maximum atomic E-state index is 13.3. The molecule has 0 aromatic heterocycles. The van der Waals surface area contributed by atoms with Gasteiger partial charge in [-0.15, -0.1) is 0 Å². The molecule has 1 fully saturated rings. The fourth-order valence-corrected chi connectivity index (χ4v) is 3.36. The first-order valence-corrected chi connectivity index (χ1v) is 8.98. The Morgan fingerprint density at radius 1 is 1.11 bits per heavy atom. The minimum absolute atomic E-state index is 0.229. The fraction of sp³-hybridized carbons (Fsp3) is 0.381. The largest absolute Gasteiger partial charge is 0.496 e. The van der Waals surface area contributed by atoms with E-state index in [1.165, 1.54) is 13.2 Å². The molecule has 0 bridgehead atoms. The number of ether oxygens (including phenoxy) is 2. The number of hydrogen-bond donors (Lipinski definition) is 1. The van der Waals surface area contributed by atoms with Gasteiger partial charge in [-0.2, -0.15) is 13.2 Å². The zero-order valence-corrected chi connectivity index (χ0v) is 16.1. The lowest BCUT2D eigenvalue weighted by Crippen LogP contribution is -2.24. The summed E-state index contributed by atoms with van der Waals surface area (Å²) in [7, 11) is 1.51. The third-order valence-electron chi connectivity index (χ3n) is 4.90. The van der Waals surface area contributed by atoms with E-state index in [9.17, 15) is 18.0 Å². The Bertz CT molecular complexity index is 893. The minimum atomic E-state index is -4.50. The van der Waals surface area contributed by atoms with Gasteiger partial charge < -0.3 is 14.8 Å². The first kappa shape index (κ1) is 20.0. The molecule has 28 heavy (non-hydrogen) atoms. The van der Waals surface area contributed by atoms with Crippen LogP contribution in [0.3, 0.4) is 0 Å². The highest BCUT2D eigenvalue weighted by Gasteiger charge is 2.37. The highest BCUT2D eigenvalue weighted by molar-refractivity contribution is 5.77. The number of rotatable bonds is 4. The van der Waals surface area contributed by atoms with E-state index >= 15 is 0 Å². The second kappa shape index (κ2) is 7.37. The van der Waals surface area contributed by atoms with Crippen molar-refractivity contribution in [3.05, 3.63) is 53.1 Å². The van der Waals surface area contributed by atoms with E-state index in [0.717, 1.165) is 17.7 Å². The Kier molecular flexibility index (Phi) is 5.28. The first-order valence-electron chi connectivity index (χ1n) is 8.98. The molecular formula is C21H22F3NO3. The number of carbonyl (C=O) groups excluding carboxylic acids is 1. The molecule has 1 N–H and O–H groups in total. The standard InChI is InChI=1S/C21H22F3NO3/c1-11(2)13-5-8-18(27-4)16(9-13)15-7-6-14(21(22,23)24)10-17(15)19-12(3)25-20(26)28-19/h5-12,19H,1-4H3,(H,25,26)/t12-,19-/m1/s1. The van der Waals surface area contributed by atoms with Gasteiger partial charge in [0.1, 0.15) is 11.9 Å². The number of nitrogens with one attached hydrogen (secondary N) is 1. The van der Waals surface area contributed by atoms with Gasteiger partial charge >= 0.3 is 12.3 Å². The average Bonchev–Trinajstić information content (AvgIpc) is 2.97. The summed E-state index contributed by atoms with van der Waals surface area (Å²) in [6, 6.07) is 8.68. The molecule has 1 aliphatic heterocycles. The number of benzene rings is 2. The van der Waals surface area contributed by atoms with Gasteiger partial charge in [-0.05, 0) is 48.2 Å². The third kappa shape index (κ3) is 3.79. The van der Waals surface area contributed by atoms with Gasteiger partial charge in [0, 0.05) is 11.1 Å². The molecule has 1 saturated heterocycles. The number of carbonyl (C=O) groups is 1. The molecule has 3 rings (SSSR count). The Labute approximate surface area is 161 Å². The second-order valence-corrected chi connectivity index (χ2v) is 7.17. The SMILES string of the molecule is COc1ccc(C(C)C)cc1-c1ccc(C(F)(F)F)cc1[C@@H]1OC(=O)N[C@@H]1C. The third-order valence-corrected chi connectivity index (χ3v) is 4.90. The summed E-state index contributed by atoms with van der Waals surface area (Å²) >= 11 is 0. The zero-order chi connectivity index (χ0) is 20.6. The smallest absolute Gasteiger partial charge is 0.416 e. The number of alkyl carbamates (subject to hydrolysis) is 1. The first-order chi connectivity index (χ1) is 13.1. The van der Waals surface area contributed by atoms with Crippen LogP contribution < -0.4 is 10.1 Å². The van der Waals surface area contributed by atoms with E-state index in [-0.39, 0.29) is 5.92 Å². The van der Waals surface area contributed by atoms with Crippen molar-refractivity contribution in [2.24, 2.45) is 0 Å². The second-order valence-electron chi connectivity index (χ2n) is 7.17. The number of amides is 1. The number of cyclic esters (lactones) is 1. The molecule has 0 radical (unpaired) electrons. The summed E-state index contributed by atoms with van der Waals surface area (Å²) in [5, 5.41) is 2.59. The number of alkyl halides is 3. The van der Waals surface area contributed by atoms with Crippen molar-refractivity contribution in [3.63, 3.8) is 0 Å². The van der Waals surface area contributed by atoms with Gasteiger partial charge in [-0.25, -0.2) is 4.79 Å². The maximum absolute atomic E-state index is 13.3. The Hall–Kier alpha value is -2.70. The Balaban J connectivity index is 2.23. The molecular weight excluding hydrogens is 371 g/mol. The van der Waals surface area contributed by atoms with E-state index < -0.39 is 30.0 Å². The Morgan fingerprint density at radius 2 is 1.82 bits per heavy atom. The molecule has 0 unspecified atom stereocenters. The zero-order valence-electron chi connectivity index (χ0n) is 16.1. The van der Waals surface area contributed by atoms with Crippen molar-refractivity contribution in [2.75, 3.05) is 7.11 Å². The highest BCUT2D eigenvalue weighted by atomic mass is 19.4. The molecule has 2 atom stereocenters.